The van der Waals surface area contributed by atoms with Gasteiger partial charge in [0.05, 0.1) is 6.10 Å². The molecular weight excluding hydrogens is 241 g/mol. The van der Waals surface area contributed by atoms with Crippen molar-refractivity contribution in [2.75, 3.05) is 6.54 Å². The first-order valence-corrected chi connectivity index (χ1v) is 5.21. The number of aliphatic hydroxyl groups excluding tert-OH is 2. The minimum absolute atomic E-state index is 0.00398. The molecular formula is C11H12FN3O3. The molecule has 0 saturated heterocycles. The van der Waals surface area contributed by atoms with Crippen LogP contribution in [0.2, 0.25) is 0 Å². The Kier molecular flexibility index (Phi) is 5.26. The highest BCUT2D eigenvalue weighted by atomic mass is 19.1. The first-order valence-electron chi connectivity index (χ1n) is 5.21. The Labute approximate surface area is 102 Å². The van der Waals surface area contributed by atoms with Crippen molar-refractivity contribution in [2.24, 2.45) is 5.11 Å². The summed E-state index contributed by atoms with van der Waals surface area (Å²) < 4.78 is 13.4. The van der Waals surface area contributed by atoms with Gasteiger partial charge in [0, 0.05) is 22.6 Å². The standard InChI is InChI=1S/C11H12FN3O3/c12-9-2-1-7(6-16)5-8(9)11(18)10(17)3-4-14-15-13/h1-2,5-6,10-11,17-18H,3-4H2. The maximum Gasteiger partial charge on any atom is 0.150 e. The van der Waals surface area contributed by atoms with E-state index < -0.39 is 18.0 Å². The van der Waals surface area contributed by atoms with Crippen LogP contribution in [0.5, 0.6) is 0 Å². The van der Waals surface area contributed by atoms with Crippen molar-refractivity contribution in [1.82, 2.24) is 0 Å². The fraction of sp³-hybridized carbons (Fsp3) is 0.364. The largest absolute Gasteiger partial charge is 0.390 e. The van der Waals surface area contributed by atoms with Gasteiger partial charge in [0.1, 0.15) is 18.2 Å². The molecule has 0 radical (unpaired) electrons. The van der Waals surface area contributed by atoms with E-state index in [4.69, 9.17) is 5.53 Å². The van der Waals surface area contributed by atoms with Crippen LogP contribution in [-0.4, -0.2) is 29.1 Å². The zero-order chi connectivity index (χ0) is 13.5. The summed E-state index contributed by atoms with van der Waals surface area (Å²) >= 11 is 0. The first-order chi connectivity index (χ1) is 8.60. The van der Waals surface area contributed by atoms with Crippen molar-refractivity contribution in [3.63, 3.8) is 0 Å². The van der Waals surface area contributed by atoms with E-state index in [0.29, 0.717) is 6.29 Å². The Bertz CT molecular complexity index is 475. The van der Waals surface area contributed by atoms with Crippen molar-refractivity contribution in [3.05, 3.63) is 45.6 Å². The average molecular weight is 253 g/mol. The monoisotopic (exact) mass is 253 g/mol. The molecule has 2 N–H and O–H groups in total. The quantitative estimate of drug-likeness (QED) is 0.349. The van der Waals surface area contributed by atoms with Crippen LogP contribution in [0.15, 0.2) is 23.3 Å². The number of carbonyl (C=O) groups excluding carboxylic acids is 1. The lowest BCUT2D eigenvalue weighted by Gasteiger charge is -2.18. The van der Waals surface area contributed by atoms with E-state index in [1.807, 2.05) is 0 Å². The number of aliphatic hydroxyl groups is 2. The highest BCUT2D eigenvalue weighted by molar-refractivity contribution is 5.75. The predicted octanol–water partition coefficient (Wildman–Crippen LogP) is 1.73. The SMILES string of the molecule is [N-]=[N+]=NCCC(O)C(O)c1cc(C=O)ccc1F. The second-order valence-corrected chi connectivity index (χ2v) is 3.65. The molecule has 2 atom stereocenters. The van der Waals surface area contributed by atoms with E-state index in [0.717, 1.165) is 6.07 Å². The van der Waals surface area contributed by atoms with Crippen LogP contribution in [0.3, 0.4) is 0 Å². The lowest BCUT2D eigenvalue weighted by atomic mass is 10.00. The Morgan fingerprint density at radius 1 is 1.50 bits per heavy atom. The zero-order valence-corrected chi connectivity index (χ0v) is 9.40. The van der Waals surface area contributed by atoms with Crippen LogP contribution in [0.1, 0.15) is 28.4 Å². The fourth-order valence-electron chi connectivity index (χ4n) is 1.46. The maximum atomic E-state index is 13.4. The molecule has 6 nitrogen and oxygen atoms in total. The van der Waals surface area contributed by atoms with Crippen molar-refractivity contribution in [2.45, 2.75) is 18.6 Å². The zero-order valence-electron chi connectivity index (χ0n) is 9.40. The molecule has 0 aliphatic rings. The van der Waals surface area contributed by atoms with E-state index in [-0.39, 0.29) is 24.1 Å². The second kappa shape index (κ2) is 6.70. The van der Waals surface area contributed by atoms with Crippen LogP contribution in [0.25, 0.3) is 10.4 Å². The summed E-state index contributed by atoms with van der Waals surface area (Å²) in [6.45, 7) is -0.0102. The molecule has 0 fully saturated rings. The normalized spacial score (nSPS) is 13.5. The molecule has 0 heterocycles. The van der Waals surface area contributed by atoms with E-state index in [2.05, 4.69) is 10.0 Å². The topological polar surface area (TPSA) is 106 Å². The minimum atomic E-state index is -1.47. The highest BCUT2D eigenvalue weighted by Gasteiger charge is 2.21. The summed E-state index contributed by atoms with van der Waals surface area (Å²) in [7, 11) is 0. The molecule has 7 heteroatoms. The number of hydrogen-bond acceptors (Lipinski definition) is 4. The van der Waals surface area contributed by atoms with E-state index in [1.165, 1.54) is 12.1 Å². The average Bonchev–Trinajstić information content (AvgIpc) is 2.38. The summed E-state index contributed by atoms with van der Waals surface area (Å²) in [5, 5.41) is 22.5. The predicted molar refractivity (Wildman–Crippen MR) is 61.4 cm³/mol. The number of nitrogens with zero attached hydrogens (tertiary/aromatic N) is 3. The van der Waals surface area contributed by atoms with Crippen LogP contribution < -0.4 is 0 Å². The minimum Gasteiger partial charge on any atom is -0.390 e. The number of carbonyl (C=O) groups is 1. The third-order valence-corrected chi connectivity index (χ3v) is 2.43. The van der Waals surface area contributed by atoms with E-state index in [9.17, 15) is 19.4 Å². The van der Waals surface area contributed by atoms with Crippen molar-refractivity contribution < 1.29 is 19.4 Å². The maximum absolute atomic E-state index is 13.4. The van der Waals surface area contributed by atoms with E-state index in [1.54, 1.807) is 0 Å². The summed E-state index contributed by atoms with van der Waals surface area (Å²) in [5.41, 5.74) is 8.10. The fourth-order valence-corrected chi connectivity index (χ4v) is 1.46. The summed E-state index contributed by atoms with van der Waals surface area (Å²) in [4.78, 5) is 13.0. The first kappa shape index (κ1) is 14.1. The number of hydrogen-bond donors (Lipinski definition) is 2. The number of azide groups is 1. The van der Waals surface area contributed by atoms with Crippen molar-refractivity contribution >= 4 is 6.29 Å². The van der Waals surface area contributed by atoms with Crippen molar-refractivity contribution in [1.29, 1.82) is 0 Å². The molecule has 0 aromatic heterocycles. The molecule has 0 aliphatic heterocycles. The number of aldehydes is 1. The molecule has 2 unspecified atom stereocenters. The molecule has 0 aliphatic carbocycles. The second-order valence-electron chi connectivity index (χ2n) is 3.65. The van der Waals surface area contributed by atoms with E-state index >= 15 is 0 Å². The van der Waals surface area contributed by atoms with Gasteiger partial charge in [-0.05, 0) is 30.2 Å². The molecule has 1 rings (SSSR count). The number of rotatable bonds is 6. The number of benzene rings is 1. The summed E-state index contributed by atoms with van der Waals surface area (Å²) in [6, 6.07) is 3.48. The molecule has 18 heavy (non-hydrogen) atoms. The smallest absolute Gasteiger partial charge is 0.150 e. The molecule has 0 saturated carbocycles. The third-order valence-electron chi connectivity index (χ3n) is 2.43. The van der Waals surface area contributed by atoms with Gasteiger partial charge in [-0.2, -0.15) is 0 Å². The van der Waals surface area contributed by atoms with Gasteiger partial charge < -0.3 is 10.2 Å². The van der Waals surface area contributed by atoms with Gasteiger partial charge in [0.2, 0.25) is 0 Å². The lowest BCUT2D eigenvalue weighted by Crippen LogP contribution is -2.20. The van der Waals surface area contributed by atoms with Crippen LogP contribution in [-0.2, 0) is 0 Å². The third kappa shape index (κ3) is 3.53. The van der Waals surface area contributed by atoms with Crippen molar-refractivity contribution in [3.8, 4) is 0 Å². The van der Waals surface area contributed by atoms with Gasteiger partial charge in [0.15, 0.2) is 0 Å². The van der Waals surface area contributed by atoms with Gasteiger partial charge in [0.25, 0.3) is 0 Å². The molecule has 96 valence electrons. The summed E-state index contributed by atoms with van der Waals surface area (Å²) in [5.74, 6) is -0.712. The van der Waals surface area contributed by atoms with Gasteiger partial charge in [-0.1, -0.05) is 5.11 Å². The Morgan fingerprint density at radius 3 is 2.83 bits per heavy atom. The highest BCUT2D eigenvalue weighted by Crippen LogP contribution is 2.22. The molecule has 0 bridgehead atoms. The Hall–Kier alpha value is -1.95. The van der Waals surface area contributed by atoms with Crippen LogP contribution in [0.4, 0.5) is 4.39 Å². The molecule has 0 spiro atoms. The van der Waals surface area contributed by atoms with Crippen LogP contribution >= 0.6 is 0 Å². The molecule has 1 aromatic rings. The molecule has 1 aromatic carbocycles. The lowest BCUT2D eigenvalue weighted by molar-refractivity contribution is 0.0129. The Balaban J connectivity index is 2.84. The van der Waals surface area contributed by atoms with Gasteiger partial charge in [-0.3, -0.25) is 4.79 Å². The Morgan fingerprint density at radius 2 is 2.22 bits per heavy atom. The molecule has 0 amide bonds. The van der Waals surface area contributed by atoms with Crippen LogP contribution in [0, 0.1) is 5.82 Å². The van der Waals surface area contributed by atoms with Gasteiger partial charge in [-0.25, -0.2) is 4.39 Å². The number of halogens is 1. The summed E-state index contributed by atoms with van der Waals surface area (Å²) in [6.07, 6.45) is -2.23. The van der Waals surface area contributed by atoms with Gasteiger partial charge >= 0.3 is 0 Å². The van der Waals surface area contributed by atoms with Gasteiger partial charge in [-0.15, -0.1) is 0 Å².